The van der Waals surface area contributed by atoms with Gasteiger partial charge in [0.2, 0.25) is 5.95 Å². The number of rotatable bonds is 2. The van der Waals surface area contributed by atoms with Gasteiger partial charge in [-0.3, -0.25) is 0 Å². The summed E-state index contributed by atoms with van der Waals surface area (Å²) in [6.45, 7) is 7.08. The quantitative estimate of drug-likeness (QED) is 0.741. The summed E-state index contributed by atoms with van der Waals surface area (Å²) in [5.41, 5.74) is 1.83. The molecule has 0 bridgehead atoms. The van der Waals surface area contributed by atoms with E-state index in [1.54, 1.807) is 0 Å². The summed E-state index contributed by atoms with van der Waals surface area (Å²) in [4.78, 5) is 6.66. The molecular weight excluding hydrogens is 224 g/mol. The van der Waals surface area contributed by atoms with Crippen molar-refractivity contribution in [3.05, 3.63) is 11.4 Å². The predicted octanol–water partition coefficient (Wildman–Crippen LogP) is 1.94. The predicted molar refractivity (Wildman–Crippen MR) is 64.9 cm³/mol. The fourth-order valence-corrected chi connectivity index (χ4v) is 2.53. The monoisotopic (exact) mass is 240 g/mol. The summed E-state index contributed by atoms with van der Waals surface area (Å²) in [7, 11) is 0. The highest BCUT2D eigenvalue weighted by molar-refractivity contribution is 6.18. The van der Waals surface area contributed by atoms with E-state index in [2.05, 4.69) is 27.0 Å². The van der Waals surface area contributed by atoms with Crippen molar-refractivity contribution in [2.45, 2.75) is 33.2 Å². The third-order valence-electron chi connectivity index (χ3n) is 3.38. The highest BCUT2D eigenvalue weighted by atomic mass is 35.5. The van der Waals surface area contributed by atoms with E-state index >= 15 is 0 Å². The number of anilines is 1. The van der Waals surface area contributed by atoms with Gasteiger partial charge in [0.15, 0.2) is 0 Å². The molecule has 1 saturated heterocycles. The van der Waals surface area contributed by atoms with E-state index in [0.717, 1.165) is 30.3 Å². The molecule has 1 fully saturated rings. The molecule has 0 aliphatic carbocycles. The SMILES string of the molecule is Cc1nnc(N2CCC(C)C2CCl)nc1C. The first kappa shape index (κ1) is 11.6. The average Bonchev–Trinajstić information content (AvgIpc) is 2.63. The summed E-state index contributed by atoms with van der Waals surface area (Å²) in [5, 5.41) is 8.28. The van der Waals surface area contributed by atoms with Crippen molar-refractivity contribution in [1.82, 2.24) is 15.2 Å². The summed E-state index contributed by atoms with van der Waals surface area (Å²) >= 11 is 6.00. The Kier molecular flexibility index (Phi) is 3.28. The van der Waals surface area contributed by atoms with E-state index in [1.165, 1.54) is 0 Å². The highest BCUT2D eigenvalue weighted by Crippen LogP contribution is 2.27. The van der Waals surface area contributed by atoms with E-state index in [-0.39, 0.29) is 0 Å². The van der Waals surface area contributed by atoms with Crippen LogP contribution in [-0.2, 0) is 0 Å². The maximum atomic E-state index is 6.00. The molecule has 5 heteroatoms. The van der Waals surface area contributed by atoms with E-state index in [0.29, 0.717) is 17.8 Å². The van der Waals surface area contributed by atoms with Crippen LogP contribution in [-0.4, -0.2) is 33.6 Å². The molecule has 1 aliphatic rings. The number of aryl methyl sites for hydroxylation is 2. The van der Waals surface area contributed by atoms with Crippen molar-refractivity contribution in [2.75, 3.05) is 17.3 Å². The minimum absolute atomic E-state index is 0.338. The molecule has 0 N–H and O–H groups in total. The zero-order valence-corrected chi connectivity index (χ0v) is 10.7. The van der Waals surface area contributed by atoms with Crippen LogP contribution in [0.5, 0.6) is 0 Å². The minimum Gasteiger partial charge on any atom is -0.335 e. The number of nitrogens with zero attached hydrogens (tertiary/aromatic N) is 4. The molecule has 1 aromatic heterocycles. The number of aromatic nitrogens is 3. The fraction of sp³-hybridized carbons (Fsp3) is 0.727. The Hall–Kier alpha value is -0.900. The maximum Gasteiger partial charge on any atom is 0.245 e. The van der Waals surface area contributed by atoms with Crippen molar-refractivity contribution in [2.24, 2.45) is 5.92 Å². The minimum atomic E-state index is 0.338. The van der Waals surface area contributed by atoms with Crippen LogP contribution in [0, 0.1) is 19.8 Å². The van der Waals surface area contributed by atoms with Gasteiger partial charge >= 0.3 is 0 Å². The number of halogens is 1. The lowest BCUT2D eigenvalue weighted by Gasteiger charge is -2.24. The van der Waals surface area contributed by atoms with E-state index in [4.69, 9.17) is 11.6 Å². The normalized spacial score (nSPS) is 25.1. The second kappa shape index (κ2) is 4.53. The van der Waals surface area contributed by atoms with Crippen LogP contribution in [0.2, 0.25) is 0 Å². The van der Waals surface area contributed by atoms with Gasteiger partial charge in [-0.2, -0.15) is 5.10 Å². The molecule has 1 aliphatic heterocycles. The standard InChI is InChI=1S/C11H17ClN4/c1-7-4-5-16(10(7)6-12)11-13-8(2)9(3)14-15-11/h7,10H,4-6H2,1-3H3. The largest absolute Gasteiger partial charge is 0.335 e. The van der Waals surface area contributed by atoms with Gasteiger partial charge in [-0.1, -0.05) is 6.92 Å². The Balaban J connectivity index is 2.27. The zero-order valence-electron chi connectivity index (χ0n) is 9.94. The molecule has 0 saturated carbocycles. The van der Waals surface area contributed by atoms with Gasteiger partial charge in [-0.15, -0.1) is 16.7 Å². The smallest absolute Gasteiger partial charge is 0.245 e. The topological polar surface area (TPSA) is 41.9 Å². The van der Waals surface area contributed by atoms with Gasteiger partial charge in [0.1, 0.15) is 0 Å². The summed E-state index contributed by atoms with van der Waals surface area (Å²) in [6, 6.07) is 0.338. The fourth-order valence-electron chi connectivity index (χ4n) is 2.06. The van der Waals surface area contributed by atoms with E-state index in [1.807, 2.05) is 13.8 Å². The first-order valence-electron chi connectivity index (χ1n) is 5.64. The van der Waals surface area contributed by atoms with Gasteiger partial charge in [0.05, 0.1) is 11.4 Å². The third-order valence-corrected chi connectivity index (χ3v) is 3.69. The molecule has 0 radical (unpaired) electrons. The van der Waals surface area contributed by atoms with Crippen molar-refractivity contribution in [3.63, 3.8) is 0 Å². The van der Waals surface area contributed by atoms with Crippen LogP contribution in [0.1, 0.15) is 24.7 Å². The summed E-state index contributed by atoms with van der Waals surface area (Å²) in [6.07, 6.45) is 1.15. The van der Waals surface area contributed by atoms with Gasteiger partial charge in [-0.05, 0) is 26.2 Å². The van der Waals surface area contributed by atoms with Crippen molar-refractivity contribution >= 4 is 17.5 Å². The van der Waals surface area contributed by atoms with Crippen molar-refractivity contribution < 1.29 is 0 Å². The molecule has 2 heterocycles. The summed E-state index contributed by atoms with van der Waals surface area (Å²) < 4.78 is 0. The molecule has 16 heavy (non-hydrogen) atoms. The molecule has 88 valence electrons. The van der Waals surface area contributed by atoms with Gasteiger partial charge in [0.25, 0.3) is 0 Å². The lowest BCUT2D eigenvalue weighted by Crippen LogP contribution is -2.35. The molecular formula is C11H17ClN4. The maximum absolute atomic E-state index is 6.00. The van der Waals surface area contributed by atoms with Gasteiger partial charge in [0, 0.05) is 18.5 Å². The first-order valence-corrected chi connectivity index (χ1v) is 6.17. The lowest BCUT2D eigenvalue weighted by molar-refractivity contribution is 0.545. The molecule has 0 amide bonds. The Morgan fingerprint density at radius 3 is 2.69 bits per heavy atom. The van der Waals surface area contributed by atoms with Gasteiger partial charge in [-0.25, -0.2) is 4.98 Å². The van der Waals surface area contributed by atoms with Crippen molar-refractivity contribution in [1.29, 1.82) is 0 Å². The molecule has 2 unspecified atom stereocenters. The second-order valence-electron chi connectivity index (χ2n) is 4.46. The Morgan fingerprint density at radius 1 is 1.31 bits per heavy atom. The third kappa shape index (κ3) is 1.98. The number of hydrogen-bond donors (Lipinski definition) is 0. The zero-order chi connectivity index (χ0) is 11.7. The summed E-state index contributed by atoms with van der Waals surface area (Å²) in [5.74, 6) is 1.94. The average molecular weight is 241 g/mol. The Morgan fingerprint density at radius 2 is 2.06 bits per heavy atom. The molecule has 2 rings (SSSR count). The lowest BCUT2D eigenvalue weighted by atomic mass is 10.1. The molecule has 0 spiro atoms. The van der Waals surface area contributed by atoms with Crippen LogP contribution in [0.4, 0.5) is 5.95 Å². The second-order valence-corrected chi connectivity index (χ2v) is 4.77. The highest BCUT2D eigenvalue weighted by Gasteiger charge is 2.32. The van der Waals surface area contributed by atoms with Crippen LogP contribution >= 0.6 is 11.6 Å². The number of hydrogen-bond acceptors (Lipinski definition) is 4. The van der Waals surface area contributed by atoms with Crippen LogP contribution < -0.4 is 4.90 Å². The molecule has 0 aromatic carbocycles. The Labute approximate surface area is 101 Å². The first-order chi connectivity index (χ1) is 7.63. The molecule has 2 atom stereocenters. The van der Waals surface area contributed by atoms with E-state index < -0.39 is 0 Å². The molecule has 1 aromatic rings. The van der Waals surface area contributed by atoms with Crippen LogP contribution in [0.15, 0.2) is 0 Å². The van der Waals surface area contributed by atoms with Crippen molar-refractivity contribution in [3.8, 4) is 0 Å². The number of alkyl halides is 1. The molecule has 4 nitrogen and oxygen atoms in total. The Bertz CT molecular complexity index is 382. The van der Waals surface area contributed by atoms with Gasteiger partial charge < -0.3 is 4.90 Å². The van der Waals surface area contributed by atoms with Crippen LogP contribution in [0.25, 0.3) is 0 Å². The van der Waals surface area contributed by atoms with Crippen LogP contribution in [0.3, 0.4) is 0 Å². The van der Waals surface area contributed by atoms with E-state index in [9.17, 15) is 0 Å².